The standard InChI is InChI=1S/C11H18O/c1-4-9(5-2)11(6-3)10-7-12-8-10/h4,6,9-11H,1,3,5,7-8H2,2H3. The molecule has 1 nitrogen and oxygen atoms in total. The van der Waals surface area contributed by atoms with E-state index < -0.39 is 0 Å². The molecule has 0 bridgehead atoms. The van der Waals surface area contributed by atoms with Gasteiger partial charge in [-0.2, -0.15) is 0 Å². The van der Waals surface area contributed by atoms with Crippen LogP contribution in [0.3, 0.4) is 0 Å². The van der Waals surface area contributed by atoms with Crippen LogP contribution in [0.15, 0.2) is 25.3 Å². The highest BCUT2D eigenvalue weighted by atomic mass is 16.5. The van der Waals surface area contributed by atoms with Crippen LogP contribution in [0.4, 0.5) is 0 Å². The third-order valence-electron chi connectivity index (χ3n) is 2.75. The molecule has 2 atom stereocenters. The van der Waals surface area contributed by atoms with Gasteiger partial charge < -0.3 is 4.74 Å². The molecule has 0 aromatic carbocycles. The van der Waals surface area contributed by atoms with Crippen molar-refractivity contribution in [1.29, 1.82) is 0 Å². The minimum absolute atomic E-state index is 0.571. The van der Waals surface area contributed by atoms with Crippen LogP contribution in [0.2, 0.25) is 0 Å². The van der Waals surface area contributed by atoms with Gasteiger partial charge >= 0.3 is 0 Å². The highest BCUT2D eigenvalue weighted by molar-refractivity contribution is 4.97. The van der Waals surface area contributed by atoms with E-state index in [0.717, 1.165) is 19.6 Å². The lowest BCUT2D eigenvalue weighted by molar-refractivity contribution is -0.0585. The first-order valence-corrected chi connectivity index (χ1v) is 4.66. The minimum atomic E-state index is 0.571. The summed E-state index contributed by atoms with van der Waals surface area (Å²) >= 11 is 0. The Bertz CT molecular complexity index is 158. The Morgan fingerprint density at radius 2 is 2.08 bits per heavy atom. The maximum absolute atomic E-state index is 5.17. The van der Waals surface area contributed by atoms with Gasteiger partial charge in [0.1, 0.15) is 0 Å². The fourth-order valence-corrected chi connectivity index (χ4v) is 1.79. The molecule has 1 fully saturated rings. The zero-order valence-corrected chi connectivity index (χ0v) is 7.83. The molecule has 0 N–H and O–H groups in total. The molecule has 1 heterocycles. The maximum atomic E-state index is 5.17. The summed E-state index contributed by atoms with van der Waals surface area (Å²) in [4.78, 5) is 0. The van der Waals surface area contributed by atoms with Crippen LogP contribution in [-0.4, -0.2) is 13.2 Å². The molecule has 0 saturated carbocycles. The highest BCUT2D eigenvalue weighted by Crippen LogP contribution is 2.30. The molecule has 1 aliphatic heterocycles. The Morgan fingerprint density at radius 3 is 2.33 bits per heavy atom. The Morgan fingerprint density at radius 1 is 1.42 bits per heavy atom. The van der Waals surface area contributed by atoms with Crippen molar-refractivity contribution in [2.45, 2.75) is 13.3 Å². The zero-order chi connectivity index (χ0) is 8.97. The van der Waals surface area contributed by atoms with Crippen molar-refractivity contribution < 1.29 is 4.74 Å². The molecular weight excluding hydrogens is 148 g/mol. The summed E-state index contributed by atoms with van der Waals surface area (Å²) in [5.41, 5.74) is 0. The van der Waals surface area contributed by atoms with Crippen molar-refractivity contribution >= 4 is 0 Å². The van der Waals surface area contributed by atoms with E-state index in [9.17, 15) is 0 Å². The molecule has 0 aromatic rings. The molecule has 0 aliphatic carbocycles. The lowest BCUT2D eigenvalue weighted by Gasteiger charge is -2.35. The smallest absolute Gasteiger partial charge is 0.0522 e. The summed E-state index contributed by atoms with van der Waals surface area (Å²) in [5.74, 6) is 1.84. The molecule has 1 aliphatic rings. The fraction of sp³-hybridized carbons (Fsp3) is 0.636. The first kappa shape index (κ1) is 9.53. The summed E-state index contributed by atoms with van der Waals surface area (Å²) in [6.45, 7) is 11.7. The Balaban J connectivity index is 2.51. The van der Waals surface area contributed by atoms with Crippen LogP contribution < -0.4 is 0 Å². The van der Waals surface area contributed by atoms with E-state index >= 15 is 0 Å². The number of hydrogen-bond donors (Lipinski definition) is 0. The molecule has 12 heavy (non-hydrogen) atoms. The second-order valence-corrected chi connectivity index (χ2v) is 3.42. The molecular formula is C11H18O. The fourth-order valence-electron chi connectivity index (χ4n) is 1.79. The quantitative estimate of drug-likeness (QED) is 0.570. The van der Waals surface area contributed by atoms with Gasteiger partial charge in [-0.3, -0.25) is 0 Å². The van der Waals surface area contributed by atoms with Gasteiger partial charge in [0, 0.05) is 5.92 Å². The minimum Gasteiger partial charge on any atom is -0.381 e. The van der Waals surface area contributed by atoms with Gasteiger partial charge in [0.05, 0.1) is 13.2 Å². The lowest BCUT2D eigenvalue weighted by atomic mass is 9.79. The Hall–Kier alpha value is -0.560. The number of allylic oxidation sites excluding steroid dienone is 2. The van der Waals surface area contributed by atoms with Crippen molar-refractivity contribution in [3.05, 3.63) is 25.3 Å². The average Bonchev–Trinajstić information content (AvgIpc) is 2.01. The van der Waals surface area contributed by atoms with E-state index in [2.05, 4.69) is 26.2 Å². The van der Waals surface area contributed by atoms with Gasteiger partial charge in [0.15, 0.2) is 0 Å². The van der Waals surface area contributed by atoms with Crippen LogP contribution in [0, 0.1) is 17.8 Å². The van der Waals surface area contributed by atoms with Gasteiger partial charge in [-0.25, -0.2) is 0 Å². The molecule has 0 amide bonds. The van der Waals surface area contributed by atoms with E-state index in [1.165, 1.54) is 0 Å². The van der Waals surface area contributed by atoms with Crippen LogP contribution in [0.1, 0.15) is 13.3 Å². The highest BCUT2D eigenvalue weighted by Gasteiger charge is 2.29. The summed E-state index contributed by atoms with van der Waals surface area (Å²) in [6, 6.07) is 0. The molecule has 0 radical (unpaired) electrons. The van der Waals surface area contributed by atoms with E-state index in [1.807, 2.05) is 6.08 Å². The predicted molar refractivity (Wildman–Crippen MR) is 52.0 cm³/mol. The number of rotatable bonds is 5. The van der Waals surface area contributed by atoms with Crippen molar-refractivity contribution in [3.8, 4) is 0 Å². The van der Waals surface area contributed by atoms with Gasteiger partial charge in [-0.15, -0.1) is 13.2 Å². The molecule has 1 heteroatoms. The van der Waals surface area contributed by atoms with E-state index in [0.29, 0.717) is 17.8 Å². The molecule has 2 unspecified atom stereocenters. The van der Waals surface area contributed by atoms with E-state index in [1.54, 1.807) is 0 Å². The van der Waals surface area contributed by atoms with Gasteiger partial charge in [-0.05, 0) is 18.3 Å². The van der Waals surface area contributed by atoms with Crippen LogP contribution in [0.25, 0.3) is 0 Å². The average molecular weight is 166 g/mol. The van der Waals surface area contributed by atoms with Gasteiger partial charge in [0.2, 0.25) is 0 Å². The van der Waals surface area contributed by atoms with Crippen molar-refractivity contribution in [1.82, 2.24) is 0 Å². The van der Waals surface area contributed by atoms with Crippen LogP contribution >= 0.6 is 0 Å². The first-order chi connectivity index (χ1) is 5.83. The van der Waals surface area contributed by atoms with Gasteiger partial charge in [0.25, 0.3) is 0 Å². The maximum Gasteiger partial charge on any atom is 0.0522 e. The Kier molecular flexibility index (Phi) is 3.54. The van der Waals surface area contributed by atoms with Crippen LogP contribution in [-0.2, 0) is 4.74 Å². The third kappa shape index (κ3) is 1.78. The summed E-state index contributed by atoms with van der Waals surface area (Å²) in [6.07, 6.45) is 5.25. The number of hydrogen-bond acceptors (Lipinski definition) is 1. The predicted octanol–water partition coefficient (Wildman–Crippen LogP) is 2.65. The SMILES string of the molecule is C=CC(CC)C(C=C)C1COC1. The summed E-state index contributed by atoms with van der Waals surface area (Å²) < 4.78 is 5.17. The monoisotopic (exact) mass is 166 g/mol. The van der Waals surface area contributed by atoms with Crippen molar-refractivity contribution in [3.63, 3.8) is 0 Å². The molecule has 1 rings (SSSR count). The molecule has 1 saturated heterocycles. The normalized spacial score (nSPS) is 22.4. The molecule has 0 aromatic heterocycles. The molecule has 0 spiro atoms. The van der Waals surface area contributed by atoms with Crippen LogP contribution in [0.5, 0.6) is 0 Å². The van der Waals surface area contributed by atoms with Gasteiger partial charge in [-0.1, -0.05) is 19.1 Å². The largest absolute Gasteiger partial charge is 0.381 e. The molecule has 68 valence electrons. The third-order valence-corrected chi connectivity index (χ3v) is 2.75. The van der Waals surface area contributed by atoms with Crippen molar-refractivity contribution in [2.75, 3.05) is 13.2 Å². The lowest BCUT2D eigenvalue weighted by Crippen LogP contribution is -2.36. The zero-order valence-electron chi connectivity index (χ0n) is 7.83. The Labute approximate surface area is 75.1 Å². The number of ether oxygens (including phenoxy) is 1. The van der Waals surface area contributed by atoms with Crippen molar-refractivity contribution in [2.24, 2.45) is 17.8 Å². The first-order valence-electron chi connectivity index (χ1n) is 4.66. The summed E-state index contributed by atoms with van der Waals surface area (Å²) in [7, 11) is 0. The second-order valence-electron chi connectivity index (χ2n) is 3.42. The van der Waals surface area contributed by atoms with E-state index in [4.69, 9.17) is 4.74 Å². The van der Waals surface area contributed by atoms with E-state index in [-0.39, 0.29) is 0 Å². The summed E-state index contributed by atoms with van der Waals surface area (Å²) in [5, 5.41) is 0. The topological polar surface area (TPSA) is 9.23 Å². The second kappa shape index (κ2) is 4.46.